The Kier molecular flexibility index (Phi) is 4.31. The SMILES string of the molecule is NS(=O)(=O)c1ccc2c(c1)N(C(=O)C1Cc3ccc(-c4nccs4)cc3C1)CC2. The van der Waals surface area contributed by atoms with Gasteiger partial charge in [-0.05, 0) is 54.2 Å². The molecule has 1 amide bonds. The molecule has 0 fully saturated rings. The summed E-state index contributed by atoms with van der Waals surface area (Å²) in [6.45, 7) is 0.569. The number of primary sulfonamides is 1. The fourth-order valence-corrected chi connectivity index (χ4v) is 5.45. The normalized spacial score (nSPS) is 18.0. The lowest BCUT2D eigenvalue weighted by Gasteiger charge is -2.21. The number of nitrogens with zero attached hydrogens (tertiary/aromatic N) is 2. The Morgan fingerprint density at radius 1 is 1.10 bits per heavy atom. The third kappa shape index (κ3) is 3.27. The lowest BCUT2D eigenvalue weighted by Crippen LogP contribution is -2.35. The maximum absolute atomic E-state index is 13.3. The summed E-state index contributed by atoms with van der Waals surface area (Å²) in [4.78, 5) is 19.4. The third-order valence-corrected chi connectivity index (χ3v) is 7.45. The highest BCUT2D eigenvalue weighted by Gasteiger charge is 2.34. The summed E-state index contributed by atoms with van der Waals surface area (Å²) >= 11 is 1.60. The minimum absolute atomic E-state index is 0.0405. The Morgan fingerprint density at radius 3 is 2.66 bits per heavy atom. The van der Waals surface area contributed by atoms with Crippen molar-refractivity contribution in [2.24, 2.45) is 11.1 Å². The summed E-state index contributed by atoms with van der Waals surface area (Å²) in [6, 6.07) is 11.1. The van der Waals surface area contributed by atoms with Crippen LogP contribution in [0.4, 0.5) is 5.69 Å². The van der Waals surface area contributed by atoms with E-state index >= 15 is 0 Å². The van der Waals surface area contributed by atoms with Gasteiger partial charge in [0.05, 0.1) is 4.90 Å². The van der Waals surface area contributed by atoms with Gasteiger partial charge < -0.3 is 4.90 Å². The molecule has 0 spiro atoms. The topological polar surface area (TPSA) is 93.4 Å². The summed E-state index contributed by atoms with van der Waals surface area (Å²) in [6.07, 6.45) is 3.90. The number of carbonyl (C=O) groups is 1. The number of hydrogen-bond acceptors (Lipinski definition) is 5. The molecule has 3 aromatic rings. The van der Waals surface area contributed by atoms with Crippen molar-refractivity contribution >= 4 is 33.0 Å². The fraction of sp³-hybridized carbons (Fsp3) is 0.238. The Morgan fingerprint density at radius 2 is 1.90 bits per heavy atom. The minimum Gasteiger partial charge on any atom is -0.312 e. The van der Waals surface area contributed by atoms with Crippen LogP contribution in [0, 0.1) is 5.92 Å². The summed E-state index contributed by atoms with van der Waals surface area (Å²) < 4.78 is 23.4. The number of rotatable bonds is 3. The van der Waals surface area contributed by atoms with Gasteiger partial charge in [-0.15, -0.1) is 11.3 Å². The highest BCUT2D eigenvalue weighted by Crippen LogP contribution is 2.36. The van der Waals surface area contributed by atoms with E-state index in [-0.39, 0.29) is 16.7 Å². The lowest BCUT2D eigenvalue weighted by atomic mass is 10.0. The predicted octanol–water partition coefficient (Wildman–Crippen LogP) is 2.76. The minimum atomic E-state index is -3.81. The van der Waals surface area contributed by atoms with E-state index < -0.39 is 10.0 Å². The first-order valence-corrected chi connectivity index (χ1v) is 11.8. The molecule has 8 heteroatoms. The molecule has 5 rings (SSSR count). The van der Waals surface area contributed by atoms with E-state index in [1.807, 2.05) is 5.38 Å². The first-order chi connectivity index (χ1) is 13.9. The molecule has 1 unspecified atom stereocenters. The van der Waals surface area contributed by atoms with Crippen LogP contribution < -0.4 is 10.0 Å². The molecular weight excluding hydrogens is 406 g/mol. The summed E-state index contributed by atoms with van der Waals surface area (Å²) in [7, 11) is -3.81. The van der Waals surface area contributed by atoms with Crippen LogP contribution in [0.3, 0.4) is 0 Å². The van der Waals surface area contributed by atoms with Crippen LogP contribution >= 0.6 is 11.3 Å². The molecule has 6 nitrogen and oxygen atoms in total. The molecule has 2 N–H and O–H groups in total. The molecule has 2 aromatic carbocycles. The molecule has 0 saturated heterocycles. The lowest BCUT2D eigenvalue weighted by molar-refractivity contribution is -0.122. The van der Waals surface area contributed by atoms with Crippen LogP contribution in [0.2, 0.25) is 0 Å². The molecule has 2 heterocycles. The average Bonchev–Trinajstić information content (AvgIpc) is 3.44. The van der Waals surface area contributed by atoms with Crippen LogP contribution in [0.25, 0.3) is 10.6 Å². The number of sulfonamides is 1. The van der Waals surface area contributed by atoms with Crippen LogP contribution in [0.15, 0.2) is 52.9 Å². The van der Waals surface area contributed by atoms with E-state index in [9.17, 15) is 13.2 Å². The largest absolute Gasteiger partial charge is 0.312 e. The van der Waals surface area contributed by atoms with Gasteiger partial charge in [0.25, 0.3) is 0 Å². The standard InChI is InChI=1S/C21H19N3O3S2/c22-29(26,27)18-4-3-13-5-7-24(19(13)12-18)21(25)17-9-14-1-2-15(10-16(14)11-17)20-23-6-8-28-20/h1-4,6,8,10,12,17H,5,7,9,11H2,(H2,22,26,27). The predicted molar refractivity (Wildman–Crippen MR) is 112 cm³/mol. The average molecular weight is 426 g/mol. The van der Waals surface area contributed by atoms with E-state index in [2.05, 4.69) is 23.2 Å². The highest BCUT2D eigenvalue weighted by atomic mass is 32.2. The zero-order valence-corrected chi connectivity index (χ0v) is 17.2. The Bertz CT molecular complexity index is 1220. The summed E-state index contributed by atoms with van der Waals surface area (Å²) in [5.41, 5.74) is 5.11. The Hall–Kier alpha value is -2.55. The molecule has 2 aliphatic rings. The van der Waals surface area contributed by atoms with E-state index in [1.165, 1.54) is 23.3 Å². The number of aromatic nitrogens is 1. The molecule has 1 atom stereocenters. The van der Waals surface area contributed by atoms with Crippen molar-refractivity contribution in [3.63, 3.8) is 0 Å². The molecular formula is C21H19N3O3S2. The van der Waals surface area contributed by atoms with Gasteiger partial charge in [-0.3, -0.25) is 4.79 Å². The van der Waals surface area contributed by atoms with Crippen LogP contribution in [0.1, 0.15) is 16.7 Å². The van der Waals surface area contributed by atoms with E-state index in [4.69, 9.17) is 5.14 Å². The van der Waals surface area contributed by atoms with Gasteiger partial charge in [0, 0.05) is 35.3 Å². The van der Waals surface area contributed by atoms with E-state index in [0.717, 1.165) is 22.6 Å². The van der Waals surface area contributed by atoms with Crippen LogP contribution in [-0.2, 0) is 34.1 Å². The summed E-state index contributed by atoms with van der Waals surface area (Å²) in [5.74, 6) is -0.0945. The van der Waals surface area contributed by atoms with Gasteiger partial charge in [0.1, 0.15) is 5.01 Å². The molecule has 29 heavy (non-hydrogen) atoms. The van der Waals surface area contributed by atoms with Gasteiger partial charge in [-0.2, -0.15) is 0 Å². The number of thiazole rings is 1. The van der Waals surface area contributed by atoms with Gasteiger partial charge in [0.2, 0.25) is 15.9 Å². The van der Waals surface area contributed by atoms with E-state index in [1.54, 1.807) is 28.5 Å². The number of anilines is 1. The first-order valence-electron chi connectivity index (χ1n) is 9.39. The van der Waals surface area contributed by atoms with Gasteiger partial charge >= 0.3 is 0 Å². The van der Waals surface area contributed by atoms with Crippen LogP contribution in [0.5, 0.6) is 0 Å². The fourth-order valence-electron chi connectivity index (χ4n) is 4.28. The van der Waals surface area contributed by atoms with Crippen molar-refractivity contribution < 1.29 is 13.2 Å². The molecule has 1 aliphatic heterocycles. The molecule has 148 valence electrons. The third-order valence-electron chi connectivity index (χ3n) is 5.71. The second-order valence-electron chi connectivity index (χ2n) is 7.50. The second-order valence-corrected chi connectivity index (χ2v) is 9.96. The van der Waals surface area contributed by atoms with Crippen molar-refractivity contribution in [1.29, 1.82) is 0 Å². The van der Waals surface area contributed by atoms with Crippen molar-refractivity contribution in [3.05, 3.63) is 64.7 Å². The quantitative estimate of drug-likeness (QED) is 0.698. The van der Waals surface area contributed by atoms with Gasteiger partial charge in [0.15, 0.2) is 0 Å². The number of benzene rings is 2. The number of hydrogen-bond donors (Lipinski definition) is 1. The number of nitrogens with two attached hydrogens (primary N) is 1. The first kappa shape index (κ1) is 18.5. The van der Waals surface area contributed by atoms with Crippen molar-refractivity contribution in [2.45, 2.75) is 24.2 Å². The zero-order chi connectivity index (χ0) is 20.2. The molecule has 1 aromatic heterocycles. The van der Waals surface area contributed by atoms with E-state index in [0.29, 0.717) is 25.1 Å². The van der Waals surface area contributed by atoms with Crippen molar-refractivity contribution in [3.8, 4) is 10.6 Å². The monoisotopic (exact) mass is 425 g/mol. The number of carbonyl (C=O) groups excluding carboxylic acids is 1. The maximum Gasteiger partial charge on any atom is 0.238 e. The second kappa shape index (κ2) is 6.76. The van der Waals surface area contributed by atoms with Crippen molar-refractivity contribution in [1.82, 2.24) is 4.98 Å². The Balaban J connectivity index is 1.40. The van der Waals surface area contributed by atoms with Gasteiger partial charge in [-0.25, -0.2) is 18.5 Å². The smallest absolute Gasteiger partial charge is 0.238 e. The number of amides is 1. The maximum atomic E-state index is 13.3. The molecule has 0 bridgehead atoms. The summed E-state index contributed by atoms with van der Waals surface area (Å²) in [5, 5.41) is 8.20. The Labute approximate surface area is 173 Å². The van der Waals surface area contributed by atoms with Gasteiger partial charge in [-0.1, -0.05) is 18.2 Å². The van der Waals surface area contributed by atoms with Crippen LogP contribution in [-0.4, -0.2) is 25.9 Å². The van der Waals surface area contributed by atoms with Crippen molar-refractivity contribution in [2.75, 3.05) is 11.4 Å². The molecule has 0 radical (unpaired) electrons. The highest BCUT2D eigenvalue weighted by molar-refractivity contribution is 7.89. The number of fused-ring (bicyclic) bond motifs is 2. The molecule has 1 aliphatic carbocycles. The molecule has 0 saturated carbocycles. The zero-order valence-electron chi connectivity index (χ0n) is 15.5.